The summed E-state index contributed by atoms with van der Waals surface area (Å²) in [6.45, 7) is 1.64. The highest BCUT2D eigenvalue weighted by molar-refractivity contribution is 5.70. The molecule has 0 spiro atoms. The van der Waals surface area contributed by atoms with Gasteiger partial charge in [0.2, 0.25) is 5.95 Å². The maximum absolute atomic E-state index is 11.7. The zero-order valence-electron chi connectivity index (χ0n) is 13.8. The van der Waals surface area contributed by atoms with Crippen molar-refractivity contribution in [2.24, 2.45) is 0 Å². The van der Waals surface area contributed by atoms with Crippen LogP contribution in [0, 0.1) is 0 Å². The molecular formula is C14H21N5O6. The van der Waals surface area contributed by atoms with E-state index in [-0.39, 0.29) is 43.7 Å². The minimum atomic E-state index is -0.815. The molecule has 2 heterocycles. The number of aliphatic hydroxyl groups excluding tert-OH is 1. The van der Waals surface area contributed by atoms with E-state index in [1.807, 2.05) is 6.92 Å². The number of ether oxygens (including phenoxy) is 3. The fourth-order valence-corrected chi connectivity index (χ4v) is 1.91. The summed E-state index contributed by atoms with van der Waals surface area (Å²) in [6, 6.07) is 0. The number of rotatable bonds is 9. The average molecular weight is 355 g/mol. The second kappa shape index (κ2) is 8.99. The first-order valence-corrected chi connectivity index (χ1v) is 7.77. The standard InChI is InChI=1S/C14H21N5O6/c1-2-3-4-23-14(22)24-6-9(5-20)25-8-19-7-16-10-11(19)17-13(15)18-12(10)21/h7,9,20H,2-6,8H2,1H3,(H3,15,17,18,21). The number of aromatic amines is 1. The molecule has 2 aromatic heterocycles. The SMILES string of the molecule is CCCCOC(=O)OCC(CO)OCn1cnc2c(=O)[nH]c(N)nc21. The lowest BCUT2D eigenvalue weighted by Crippen LogP contribution is -2.27. The Bertz CT molecular complexity index is 758. The molecule has 138 valence electrons. The number of H-pyrrole nitrogens is 1. The molecule has 0 aliphatic rings. The molecule has 11 nitrogen and oxygen atoms in total. The third kappa shape index (κ3) is 5.16. The summed E-state index contributed by atoms with van der Waals surface area (Å²) in [6.07, 6.45) is 1.43. The van der Waals surface area contributed by atoms with E-state index >= 15 is 0 Å². The molecule has 1 atom stereocenters. The van der Waals surface area contributed by atoms with Crippen molar-refractivity contribution in [2.75, 3.05) is 25.6 Å². The lowest BCUT2D eigenvalue weighted by Gasteiger charge is -2.16. The molecule has 0 radical (unpaired) electrons. The Morgan fingerprint density at radius 1 is 1.48 bits per heavy atom. The maximum atomic E-state index is 11.7. The van der Waals surface area contributed by atoms with E-state index in [0.717, 1.165) is 12.8 Å². The first kappa shape index (κ1) is 18.7. The van der Waals surface area contributed by atoms with Gasteiger partial charge in [0.1, 0.15) is 19.4 Å². The number of nitrogens with zero attached hydrogens (tertiary/aromatic N) is 3. The third-order valence-electron chi connectivity index (χ3n) is 3.25. The van der Waals surface area contributed by atoms with Crippen LogP contribution in [-0.2, 0) is 20.9 Å². The van der Waals surface area contributed by atoms with Crippen molar-refractivity contribution in [3.63, 3.8) is 0 Å². The lowest BCUT2D eigenvalue weighted by molar-refractivity contribution is -0.0615. The van der Waals surface area contributed by atoms with Crippen LogP contribution in [-0.4, -0.2) is 56.7 Å². The molecule has 0 aliphatic heterocycles. The summed E-state index contributed by atoms with van der Waals surface area (Å²) in [4.78, 5) is 33.3. The smallest absolute Gasteiger partial charge is 0.434 e. The minimum absolute atomic E-state index is 0.0453. The van der Waals surface area contributed by atoms with E-state index in [4.69, 9.17) is 19.9 Å². The van der Waals surface area contributed by atoms with Crippen LogP contribution in [0.15, 0.2) is 11.1 Å². The van der Waals surface area contributed by atoms with Gasteiger partial charge in [-0.1, -0.05) is 13.3 Å². The molecule has 0 aliphatic carbocycles. The van der Waals surface area contributed by atoms with Gasteiger partial charge in [-0.05, 0) is 6.42 Å². The largest absolute Gasteiger partial charge is 0.508 e. The third-order valence-corrected chi connectivity index (χ3v) is 3.25. The Kier molecular flexibility index (Phi) is 6.71. The highest BCUT2D eigenvalue weighted by atomic mass is 16.7. The van der Waals surface area contributed by atoms with E-state index in [1.54, 1.807) is 0 Å². The highest BCUT2D eigenvalue weighted by Gasteiger charge is 2.15. The van der Waals surface area contributed by atoms with Crippen molar-refractivity contribution in [2.45, 2.75) is 32.6 Å². The topological polar surface area (TPSA) is 155 Å². The molecular weight excluding hydrogens is 334 g/mol. The van der Waals surface area contributed by atoms with Gasteiger partial charge in [0.15, 0.2) is 11.2 Å². The number of aliphatic hydroxyl groups is 1. The number of anilines is 1. The number of nitrogens with two attached hydrogens (primary N) is 1. The molecule has 0 fully saturated rings. The Hall–Kier alpha value is -2.66. The molecule has 25 heavy (non-hydrogen) atoms. The summed E-state index contributed by atoms with van der Waals surface area (Å²) in [5.41, 5.74) is 5.41. The summed E-state index contributed by atoms with van der Waals surface area (Å²) >= 11 is 0. The van der Waals surface area contributed by atoms with Crippen molar-refractivity contribution < 1.29 is 24.1 Å². The summed E-state index contributed by atoms with van der Waals surface area (Å²) in [5, 5.41) is 9.31. The number of carbonyl (C=O) groups excluding carboxylic acids is 1. The number of hydrogen-bond acceptors (Lipinski definition) is 9. The Balaban J connectivity index is 1.88. The van der Waals surface area contributed by atoms with E-state index in [9.17, 15) is 14.7 Å². The van der Waals surface area contributed by atoms with Crippen LogP contribution in [0.2, 0.25) is 0 Å². The van der Waals surface area contributed by atoms with Crippen LogP contribution < -0.4 is 11.3 Å². The lowest BCUT2D eigenvalue weighted by atomic mass is 10.4. The second-order valence-electron chi connectivity index (χ2n) is 5.20. The maximum Gasteiger partial charge on any atom is 0.508 e. The molecule has 1 unspecified atom stereocenters. The number of nitrogen functional groups attached to an aromatic ring is 1. The first-order valence-electron chi connectivity index (χ1n) is 7.77. The Labute approximate surface area is 142 Å². The van der Waals surface area contributed by atoms with Crippen molar-refractivity contribution in [1.29, 1.82) is 0 Å². The number of aromatic nitrogens is 4. The highest BCUT2D eigenvalue weighted by Crippen LogP contribution is 2.07. The minimum Gasteiger partial charge on any atom is -0.434 e. The van der Waals surface area contributed by atoms with Crippen LogP contribution >= 0.6 is 0 Å². The number of fused-ring (bicyclic) bond motifs is 1. The normalized spacial score (nSPS) is 12.2. The quantitative estimate of drug-likeness (QED) is 0.416. The zero-order chi connectivity index (χ0) is 18.2. The number of nitrogens with one attached hydrogen (secondary N) is 1. The van der Waals surface area contributed by atoms with Crippen molar-refractivity contribution in [3.8, 4) is 0 Å². The van der Waals surface area contributed by atoms with Gasteiger partial charge in [-0.25, -0.2) is 9.78 Å². The van der Waals surface area contributed by atoms with Crippen molar-refractivity contribution in [3.05, 3.63) is 16.7 Å². The zero-order valence-corrected chi connectivity index (χ0v) is 13.8. The fourth-order valence-electron chi connectivity index (χ4n) is 1.91. The molecule has 0 aromatic carbocycles. The first-order chi connectivity index (χ1) is 12.0. The van der Waals surface area contributed by atoms with Crippen LogP contribution in [0.3, 0.4) is 0 Å². The number of hydrogen-bond donors (Lipinski definition) is 3. The van der Waals surface area contributed by atoms with Gasteiger partial charge in [0, 0.05) is 0 Å². The van der Waals surface area contributed by atoms with Gasteiger partial charge in [-0.2, -0.15) is 4.98 Å². The molecule has 4 N–H and O–H groups in total. The monoisotopic (exact) mass is 355 g/mol. The number of unbranched alkanes of at least 4 members (excludes halogenated alkanes) is 1. The van der Waals surface area contributed by atoms with Gasteiger partial charge in [0.05, 0.1) is 19.5 Å². The summed E-state index contributed by atoms with van der Waals surface area (Å²) < 4.78 is 16.6. The fraction of sp³-hybridized carbons (Fsp3) is 0.571. The van der Waals surface area contributed by atoms with E-state index in [2.05, 4.69) is 15.0 Å². The molecule has 11 heteroatoms. The molecule has 0 bridgehead atoms. The van der Waals surface area contributed by atoms with Crippen LogP contribution in [0.5, 0.6) is 0 Å². The molecule has 0 amide bonds. The van der Waals surface area contributed by atoms with Gasteiger partial charge in [-0.3, -0.25) is 14.3 Å². The van der Waals surface area contributed by atoms with E-state index in [0.29, 0.717) is 0 Å². The molecule has 0 saturated heterocycles. The van der Waals surface area contributed by atoms with Crippen molar-refractivity contribution in [1.82, 2.24) is 19.5 Å². The molecule has 0 saturated carbocycles. The summed E-state index contributed by atoms with van der Waals surface area (Å²) in [7, 11) is 0. The van der Waals surface area contributed by atoms with Crippen molar-refractivity contribution >= 4 is 23.3 Å². The number of imidazole rings is 1. The summed E-state index contributed by atoms with van der Waals surface area (Å²) in [5.74, 6) is -0.0453. The predicted molar refractivity (Wildman–Crippen MR) is 86.7 cm³/mol. The van der Waals surface area contributed by atoms with Gasteiger partial charge in [-0.15, -0.1) is 0 Å². The average Bonchev–Trinajstić information content (AvgIpc) is 2.98. The molecule has 2 rings (SSSR count). The number of carbonyl (C=O) groups is 1. The van der Waals surface area contributed by atoms with Crippen LogP contribution in [0.4, 0.5) is 10.7 Å². The predicted octanol–water partition coefficient (Wildman–Crippen LogP) is -0.00990. The van der Waals surface area contributed by atoms with Crippen LogP contribution in [0.25, 0.3) is 11.2 Å². The van der Waals surface area contributed by atoms with Gasteiger partial charge >= 0.3 is 6.16 Å². The van der Waals surface area contributed by atoms with Gasteiger partial charge < -0.3 is 25.1 Å². The Morgan fingerprint density at radius 2 is 2.28 bits per heavy atom. The Morgan fingerprint density at radius 3 is 3.00 bits per heavy atom. The van der Waals surface area contributed by atoms with E-state index < -0.39 is 17.8 Å². The van der Waals surface area contributed by atoms with Crippen LogP contribution in [0.1, 0.15) is 19.8 Å². The second-order valence-corrected chi connectivity index (χ2v) is 5.20. The van der Waals surface area contributed by atoms with Gasteiger partial charge in [0.25, 0.3) is 5.56 Å². The van der Waals surface area contributed by atoms with E-state index in [1.165, 1.54) is 10.9 Å². The molecule has 2 aromatic rings.